The standard InChI is InChI=1S/C22H20N4O5S/c1-13-18-21(32-19(13)20(28)25-15-7-3-4-8-16(15)30-2)24-12-26(22(18)29)11-17(27)23-10-14-6-5-9-31-14/h3-9,12H,10-11H2,1-2H3,(H,23,27)(H,25,28). The van der Waals surface area contributed by atoms with Crippen molar-refractivity contribution in [2.24, 2.45) is 0 Å². The van der Waals surface area contributed by atoms with Crippen LogP contribution in [0.3, 0.4) is 0 Å². The van der Waals surface area contributed by atoms with Gasteiger partial charge in [0.25, 0.3) is 11.5 Å². The Hall–Kier alpha value is -3.92. The van der Waals surface area contributed by atoms with Crippen molar-refractivity contribution >= 4 is 39.1 Å². The fraction of sp³-hybridized carbons (Fsp3) is 0.182. The molecule has 3 aromatic heterocycles. The van der Waals surface area contributed by atoms with E-state index in [2.05, 4.69) is 15.6 Å². The number of thiophene rings is 1. The van der Waals surface area contributed by atoms with Crippen molar-refractivity contribution in [3.05, 3.63) is 75.5 Å². The maximum atomic E-state index is 13.0. The molecule has 0 aliphatic rings. The zero-order chi connectivity index (χ0) is 22.7. The lowest BCUT2D eigenvalue weighted by Gasteiger charge is -2.09. The summed E-state index contributed by atoms with van der Waals surface area (Å²) in [6.07, 6.45) is 2.83. The van der Waals surface area contributed by atoms with Crippen LogP contribution in [-0.4, -0.2) is 28.5 Å². The molecule has 0 atom stereocenters. The van der Waals surface area contributed by atoms with Crippen molar-refractivity contribution in [1.29, 1.82) is 0 Å². The second-order valence-electron chi connectivity index (χ2n) is 6.92. The number of para-hydroxylation sites is 2. The third kappa shape index (κ3) is 4.26. The van der Waals surface area contributed by atoms with Crippen molar-refractivity contribution in [3.8, 4) is 5.75 Å². The largest absolute Gasteiger partial charge is 0.495 e. The summed E-state index contributed by atoms with van der Waals surface area (Å²) in [5.74, 6) is 0.420. The van der Waals surface area contributed by atoms with Crippen LogP contribution in [0, 0.1) is 6.92 Å². The molecule has 10 heteroatoms. The molecular formula is C22H20N4O5S. The molecule has 4 rings (SSSR count). The number of hydrogen-bond acceptors (Lipinski definition) is 7. The van der Waals surface area contributed by atoms with E-state index in [4.69, 9.17) is 9.15 Å². The van der Waals surface area contributed by atoms with Crippen LogP contribution in [0.15, 0.2) is 58.2 Å². The fourth-order valence-corrected chi connectivity index (χ4v) is 4.26. The molecule has 32 heavy (non-hydrogen) atoms. The third-order valence-electron chi connectivity index (χ3n) is 4.83. The molecule has 0 spiro atoms. The number of rotatable bonds is 7. The van der Waals surface area contributed by atoms with Crippen molar-refractivity contribution in [2.45, 2.75) is 20.0 Å². The molecule has 0 saturated heterocycles. The monoisotopic (exact) mass is 452 g/mol. The van der Waals surface area contributed by atoms with E-state index in [9.17, 15) is 14.4 Å². The number of hydrogen-bond donors (Lipinski definition) is 2. The van der Waals surface area contributed by atoms with E-state index in [-0.39, 0.29) is 30.5 Å². The second kappa shape index (κ2) is 9.06. The molecule has 0 aliphatic carbocycles. The lowest BCUT2D eigenvalue weighted by atomic mass is 10.2. The minimum atomic E-state index is -0.381. The summed E-state index contributed by atoms with van der Waals surface area (Å²) in [6.45, 7) is 1.72. The highest BCUT2D eigenvalue weighted by atomic mass is 32.1. The Labute approximate surface area is 186 Å². The van der Waals surface area contributed by atoms with Gasteiger partial charge >= 0.3 is 0 Å². The Morgan fingerprint density at radius 2 is 2.03 bits per heavy atom. The van der Waals surface area contributed by atoms with E-state index in [0.29, 0.717) is 37.9 Å². The number of aryl methyl sites for hydroxylation is 1. The predicted molar refractivity (Wildman–Crippen MR) is 120 cm³/mol. The topological polar surface area (TPSA) is 115 Å². The number of nitrogens with zero attached hydrogens (tertiary/aromatic N) is 2. The quantitative estimate of drug-likeness (QED) is 0.446. The van der Waals surface area contributed by atoms with Gasteiger partial charge in [0.2, 0.25) is 5.91 Å². The second-order valence-corrected chi connectivity index (χ2v) is 7.92. The van der Waals surface area contributed by atoms with Crippen LogP contribution < -0.4 is 20.9 Å². The molecule has 0 bridgehead atoms. The van der Waals surface area contributed by atoms with Crippen LogP contribution in [0.4, 0.5) is 5.69 Å². The van der Waals surface area contributed by atoms with E-state index in [1.807, 2.05) is 0 Å². The van der Waals surface area contributed by atoms with E-state index in [0.717, 1.165) is 11.3 Å². The maximum Gasteiger partial charge on any atom is 0.266 e. The number of benzene rings is 1. The Bertz CT molecular complexity index is 1340. The van der Waals surface area contributed by atoms with Gasteiger partial charge in [0.1, 0.15) is 22.9 Å². The summed E-state index contributed by atoms with van der Waals surface area (Å²) in [7, 11) is 1.52. The zero-order valence-electron chi connectivity index (χ0n) is 17.4. The van der Waals surface area contributed by atoms with Crippen LogP contribution in [0.1, 0.15) is 21.0 Å². The lowest BCUT2D eigenvalue weighted by Crippen LogP contribution is -2.32. The number of anilines is 1. The van der Waals surface area contributed by atoms with Crippen LogP contribution in [0.25, 0.3) is 10.2 Å². The normalized spacial score (nSPS) is 10.8. The first-order chi connectivity index (χ1) is 15.5. The number of methoxy groups -OCH3 is 1. The van der Waals surface area contributed by atoms with E-state index < -0.39 is 0 Å². The zero-order valence-corrected chi connectivity index (χ0v) is 18.2. The van der Waals surface area contributed by atoms with E-state index in [1.165, 1.54) is 24.3 Å². The number of amides is 2. The summed E-state index contributed by atoms with van der Waals surface area (Å²) < 4.78 is 11.7. The number of furan rings is 1. The molecule has 164 valence electrons. The molecule has 0 unspecified atom stereocenters. The highest BCUT2D eigenvalue weighted by Crippen LogP contribution is 2.29. The summed E-state index contributed by atoms with van der Waals surface area (Å²) in [5, 5.41) is 5.83. The number of aromatic nitrogens is 2. The number of fused-ring (bicyclic) bond motifs is 1. The summed E-state index contributed by atoms with van der Waals surface area (Å²) in [5.41, 5.74) is 0.656. The van der Waals surface area contributed by atoms with Gasteiger partial charge in [0.15, 0.2) is 0 Å². The molecule has 2 amide bonds. The van der Waals surface area contributed by atoms with Gasteiger partial charge in [0, 0.05) is 0 Å². The first-order valence-corrected chi connectivity index (χ1v) is 10.5. The fourth-order valence-electron chi connectivity index (χ4n) is 3.22. The lowest BCUT2D eigenvalue weighted by molar-refractivity contribution is -0.122. The maximum absolute atomic E-state index is 13.0. The van der Waals surface area contributed by atoms with Crippen molar-refractivity contribution in [2.75, 3.05) is 12.4 Å². The molecule has 0 saturated carbocycles. The van der Waals surface area contributed by atoms with Gasteiger partial charge < -0.3 is 19.8 Å². The van der Waals surface area contributed by atoms with Crippen molar-refractivity contribution < 1.29 is 18.7 Å². The van der Waals surface area contributed by atoms with Crippen LogP contribution in [-0.2, 0) is 17.9 Å². The molecule has 1 aromatic carbocycles. The number of nitrogens with one attached hydrogen (secondary N) is 2. The SMILES string of the molecule is COc1ccccc1NC(=O)c1sc2ncn(CC(=O)NCc3ccco3)c(=O)c2c1C. The van der Waals surface area contributed by atoms with E-state index >= 15 is 0 Å². The molecule has 4 aromatic rings. The molecule has 0 fully saturated rings. The average molecular weight is 452 g/mol. The van der Waals surface area contributed by atoms with Crippen LogP contribution in [0.2, 0.25) is 0 Å². The first kappa shape index (κ1) is 21.3. The first-order valence-electron chi connectivity index (χ1n) is 9.70. The molecular weight excluding hydrogens is 432 g/mol. The van der Waals surface area contributed by atoms with E-state index in [1.54, 1.807) is 43.3 Å². The average Bonchev–Trinajstić information content (AvgIpc) is 3.43. The Kier molecular flexibility index (Phi) is 6.04. The van der Waals surface area contributed by atoms with Crippen molar-refractivity contribution in [3.63, 3.8) is 0 Å². The molecule has 3 heterocycles. The molecule has 0 aliphatic heterocycles. The summed E-state index contributed by atoms with van der Waals surface area (Å²) in [6, 6.07) is 10.5. The summed E-state index contributed by atoms with van der Waals surface area (Å²) in [4.78, 5) is 43.2. The Morgan fingerprint density at radius 3 is 2.78 bits per heavy atom. The summed E-state index contributed by atoms with van der Waals surface area (Å²) >= 11 is 1.12. The third-order valence-corrected chi connectivity index (χ3v) is 6.03. The molecule has 0 radical (unpaired) electrons. The molecule has 2 N–H and O–H groups in total. The van der Waals surface area contributed by atoms with Gasteiger partial charge in [-0.25, -0.2) is 4.98 Å². The van der Waals surface area contributed by atoms with Gasteiger partial charge in [-0.05, 0) is 36.8 Å². The number of carbonyl (C=O) groups is 2. The number of ether oxygens (including phenoxy) is 1. The van der Waals surface area contributed by atoms with Gasteiger partial charge in [-0.3, -0.25) is 19.0 Å². The number of carbonyl (C=O) groups excluding carboxylic acids is 2. The van der Waals surface area contributed by atoms with Gasteiger partial charge in [-0.15, -0.1) is 11.3 Å². The van der Waals surface area contributed by atoms with Crippen molar-refractivity contribution in [1.82, 2.24) is 14.9 Å². The van der Waals surface area contributed by atoms with Gasteiger partial charge in [0.05, 0.1) is 42.2 Å². The highest BCUT2D eigenvalue weighted by Gasteiger charge is 2.21. The predicted octanol–water partition coefficient (Wildman–Crippen LogP) is 2.94. The molecule has 9 nitrogen and oxygen atoms in total. The van der Waals surface area contributed by atoms with Gasteiger partial charge in [-0.2, -0.15) is 0 Å². The highest BCUT2D eigenvalue weighted by molar-refractivity contribution is 7.20. The Balaban J connectivity index is 1.56. The smallest absolute Gasteiger partial charge is 0.266 e. The van der Waals surface area contributed by atoms with Crippen LogP contribution >= 0.6 is 11.3 Å². The Morgan fingerprint density at radius 1 is 1.22 bits per heavy atom. The van der Waals surface area contributed by atoms with Crippen LogP contribution in [0.5, 0.6) is 5.75 Å². The minimum Gasteiger partial charge on any atom is -0.495 e. The van der Waals surface area contributed by atoms with Gasteiger partial charge in [-0.1, -0.05) is 12.1 Å². The minimum absolute atomic E-state index is 0.194.